The lowest BCUT2D eigenvalue weighted by Crippen LogP contribution is -2.47. The van der Waals surface area contributed by atoms with Crippen LogP contribution in [-0.2, 0) is 14.8 Å². The maximum Gasteiger partial charge on any atom is 0.275 e. The molecule has 2 rings (SSSR count). The van der Waals surface area contributed by atoms with E-state index in [2.05, 4.69) is 0 Å². The summed E-state index contributed by atoms with van der Waals surface area (Å²) in [5.41, 5.74) is 1.94. The van der Waals surface area contributed by atoms with Gasteiger partial charge in [0.25, 0.3) is 15.9 Å². The van der Waals surface area contributed by atoms with E-state index in [4.69, 9.17) is 4.74 Å². The normalized spacial score (nSPS) is 12.5. The number of sulfonamides is 1. The van der Waals surface area contributed by atoms with E-state index in [9.17, 15) is 22.0 Å². The fraction of sp³-hybridized carbons (Fsp3) is 0.133. The molecule has 0 saturated heterocycles. The molecule has 0 aromatic heterocycles. The van der Waals surface area contributed by atoms with Gasteiger partial charge >= 0.3 is 0 Å². The average Bonchev–Trinajstić information content (AvgIpc) is 2.55. The molecule has 0 bridgehead atoms. The molecule has 6 nitrogen and oxygen atoms in total. The Balaban J connectivity index is 1.97. The third-order valence-electron chi connectivity index (χ3n) is 2.93. The van der Waals surface area contributed by atoms with E-state index in [0.29, 0.717) is 0 Å². The molecule has 2 aromatic carbocycles. The second kappa shape index (κ2) is 7.37. The van der Waals surface area contributed by atoms with Crippen molar-refractivity contribution < 1.29 is 26.7 Å². The van der Waals surface area contributed by atoms with Gasteiger partial charge in [0.1, 0.15) is 22.3 Å². The molecule has 0 unspecified atom stereocenters. The van der Waals surface area contributed by atoms with Crippen LogP contribution in [0.25, 0.3) is 0 Å². The molecule has 0 aliphatic heterocycles. The van der Waals surface area contributed by atoms with E-state index in [1.807, 2.05) is 5.43 Å². The minimum absolute atomic E-state index is 0.232. The van der Waals surface area contributed by atoms with Crippen LogP contribution in [0.15, 0.2) is 53.4 Å². The Morgan fingerprint density at radius 2 is 1.71 bits per heavy atom. The zero-order chi connectivity index (χ0) is 17.7. The van der Waals surface area contributed by atoms with E-state index in [1.165, 1.54) is 31.2 Å². The Bertz CT molecular complexity index is 826. The van der Waals surface area contributed by atoms with Crippen molar-refractivity contribution in [3.63, 3.8) is 0 Å². The molecular weight excluding hydrogens is 342 g/mol. The third kappa shape index (κ3) is 4.49. The lowest BCUT2D eigenvalue weighted by molar-refractivity contribution is -0.127. The monoisotopic (exact) mass is 356 g/mol. The predicted molar refractivity (Wildman–Crippen MR) is 81.4 cm³/mol. The zero-order valence-electron chi connectivity index (χ0n) is 12.5. The van der Waals surface area contributed by atoms with Crippen LogP contribution in [0.5, 0.6) is 5.75 Å². The molecule has 0 aliphatic rings. The fourth-order valence-electron chi connectivity index (χ4n) is 1.71. The van der Waals surface area contributed by atoms with Gasteiger partial charge in [-0.05, 0) is 43.3 Å². The maximum absolute atomic E-state index is 13.5. The van der Waals surface area contributed by atoms with Crippen molar-refractivity contribution in [2.75, 3.05) is 0 Å². The molecule has 0 fully saturated rings. The van der Waals surface area contributed by atoms with Gasteiger partial charge in [-0.15, -0.1) is 4.83 Å². The van der Waals surface area contributed by atoms with Crippen LogP contribution < -0.4 is 15.0 Å². The summed E-state index contributed by atoms with van der Waals surface area (Å²) in [6, 6.07) is 9.68. The first kappa shape index (κ1) is 17.8. The smallest absolute Gasteiger partial charge is 0.275 e. The van der Waals surface area contributed by atoms with Crippen LogP contribution >= 0.6 is 0 Å². The van der Waals surface area contributed by atoms with Crippen molar-refractivity contribution in [3.8, 4) is 5.75 Å². The van der Waals surface area contributed by atoms with Crippen molar-refractivity contribution in [3.05, 3.63) is 60.2 Å². The minimum atomic E-state index is -4.26. The second-order valence-electron chi connectivity index (χ2n) is 4.74. The molecule has 1 amide bonds. The van der Waals surface area contributed by atoms with E-state index < -0.39 is 38.6 Å². The number of hydrogen-bond acceptors (Lipinski definition) is 4. The van der Waals surface area contributed by atoms with E-state index in [1.54, 1.807) is 4.83 Å². The van der Waals surface area contributed by atoms with Gasteiger partial charge in [-0.2, -0.15) is 0 Å². The predicted octanol–water partition coefficient (Wildman–Crippen LogP) is 1.74. The Hall–Kier alpha value is -2.52. The quantitative estimate of drug-likeness (QED) is 0.772. The highest BCUT2D eigenvalue weighted by Crippen LogP contribution is 2.14. The maximum atomic E-state index is 13.5. The standard InChI is InChI=1S/C15H14F2N2O4S/c1-10(23-12-8-6-11(16)7-9-12)15(20)18-19-24(21,22)14-5-3-2-4-13(14)17/h2-10,19H,1H3,(H,18,20)/t10-/m1/s1. The number of halogens is 2. The summed E-state index contributed by atoms with van der Waals surface area (Å²) in [5.74, 6) is -1.98. The molecular formula is C15H14F2N2O4S. The molecule has 0 spiro atoms. The van der Waals surface area contributed by atoms with Gasteiger partial charge in [-0.25, -0.2) is 17.2 Å². The molecule has 128 valence electrons. The first-order chi connectivity index (χ1) is 11.3. The number of benzene rings is 2. The highest BCUT2D eigenvalue weighted by atomic mass is 32.2. The Kier molecular flexibility index (Phi) is 5.47. The number of hydrogen-bond donors (Lipinski definition) is 2. The molecule has 9 heteroatoms. The van der Waals surface area contributed by atoms with Gasteiger partial charge in [0.05, 0.1) is 0 Å². The summed E-state index contributed by atoms with van der Waals surface area (Å²) in [5, 5.41) is 0. The van der Waals surface area contributed by atoms with Crippen LogP contribution in [-0.4, -0.2) is 20.4 Å². The molecule has 0 heterocycles. The molecule has 0 aliphatic carbocycles. The number of ether oxygens (including phenoxy) is 1. The van der Waals surface area contributed by atoms with Crippen molar-refractivity contribution in [1.29, 1.82) is 0 Å². The number of hydrazine groups is 1. The van der Waals surface area contributed by atoms with Gasteiger partial charge in [-0.1, -0.05) is 12.1 Å². The molecule has 24 heavy (non-hydrogen) atoms. The Morgan fingerprint density at radius 1 is 1.08 bits per heavy atom. The summed E-state index contributed by atoms with van der Waals surface area (Å²) in [4.78, 5) is 13.0. The van der Waals surface area contributed by atoms with Crippen molar-refractivity contribution >= 4 is 15.9 Å². The molecule has 0 radical (unpaired) electrons. The zero-order valence-corrected chi connectivity index (χ0v) is 13.3. The van der Waals surface area contributed by atoms with Crippen molar-refractivity contribution in [1.82, 2.24) is 10.3 Å². The van der Waals surface area contributed by atoms with Crippen molar-refractivity contribution in [2.45, 2.75) is 17.9 Å². The van der Waals surface area contributed by atoms with E-state index in [-0.39, 0.29) is 5.75 Å². The van der Waals surface area contributed by atoms with Gasteiger partial charge < -0.3 is 4.74 Å². The molecule has 1 atom stereocenters. The molecule has 2 aromatic rings. The lowest BCUT2D eigenvalue weighted by Gasteiger charge is -2.15. The lowest BCUT2D eigenvalue weighted by atomic mass is 10.3. The second-order valence-corrected chi connectivity index (χ2v) is 6.39. The Labute approximate surface area is 137 Å². The average molecular weight is 356 g/mol. The van der Waals surface area contributed by atoms with Crippen LogP contribution in [0.2, 0.25) is 0 Å². The summed E-state index contributed by atoms with van der Waals surface area (Å²) in [6.07, 6.45) is -1.07. The topological polar surface area (TPSA) is 84.5 Å². The van der Waals surface area contributed by atoms with Crippen LogP contribution in [0.4, 0.5) is 8.78 Å². The van der Waals surface area contributed by atoms with E-state index in [0.717, 1.165) is 24.3 Å². The summed E-state index contributed by atoms with van der Waals surface area (Å²) < 4.78 is 55.4. The summed E-state index contributed by atoms with van der Waals surface area (Å²) in [6.45, 7) is 1.37. The van der Waals surface area contributed by atoms with E-state index >= 15 is 0 Å². The summed E-state index contributed by atoms with van der Waals surface area (Å²) >= 11 is 0. The largest absolute Gasteiger partial charge is 0.481 e. The van der Waals surface area contributed by atoms with Gasteiger partial charge in [0.15, 0.2) is 6.10 Å². The highest BCUT2D eigenvalue weighted by molar-refractivity contribution is 7.89. The first-order valence-corrected chi connectivity index (χ1v) is 8.26. The number of amides is 1. The van der Waals surface area contributed by atoms with Crippen LogP contribution in [0.1, 0.15) is 6.92 Å². The summed E-state index contributed by atoms with van der Waals surface area (Å²) in [7, 11) is -4.26. The minimum Gasteiger partial charge on any atom is -0.481 e. The van der Waals surface area contributed by atoms with Crippen molar-refractivity contribution in [2.24, 2.45) is 0 Å². The number of carbonyl (C=O) groups is 1. The number of rotatable bonds is 6. The van der Waals surface area contributed by atoms with Gasteiger partial charge in [-0.3, -0.25) is 10.2 Å². The van der Waals surface area contributed by atoms with Crippen LogP contribution in [0.3, 0.4) is 0 Å². The van der Waals surface area contributed by atoms with Gasteiger partial charge in [0, 0.05) is 0 Å². The van der Waals surface area contributed by atoms with Crippen LogP contribution in [0, 0.1) is 11.6 Å². The fourth-order valence-corrected chi connectivity index (χ4v) is 2.63. The van der Waals surface area contributed by atoms with Gasteiger partial charge in [0.2, 0.25) is 0 Å². The SMILES string of the molecule is C[C@@H](Oc1ccc(F)cc1)C(=O)NNS(=O)(=O)c1ccccc1F. The first-order valence-electron chi connectivity index (χ1n) is 6.78. The number of nitrogens with one attached hydrogen (secondary N) is 2. The Morgan fingerprint density at radius 3 is 2.33 bits per heavy atom. The molecule has 0 saturated carbocycles. The highest BCUT2D eigenvalue weighted by Gasteiger charge is 2.21. The number of carbonyl (C=O) groups excluding carboxylic acids is 1. The molecule has 2 N–H and O–H groups in total. The third-order valence-corrected chi connectivity index (χ3v) is 4.21.